The summed E-state index contributed by atoms with van der Waals surface area (Å²) >= 11 is 7.49. The Morgan fingerprint density at radius 1 is 1.43 bits per heavy atom. The average molecular weight is 376 g/mol. The molecule has 0 saturated carbocycles. The number of fused-ring (bicyclic) bond motifs is 1. The molecular weight excluding hydrogens is 358 g/mol. The van der Waals surface area contributed by atoms with Gasteiger partial charge in [-0.3, -0.25) is 0 Å². The minimum Gasteiger partial charge on any atom is -0.391 e. The van der Waals surface area contributed by atoms with Crippen molar-refractivity contribution in [1.82, 2.24) is 9.29 Å². The zero-order valence-corrected chi connectivity index (χ0v) is 15.2. The number of aliphatic hydroxyl groups is 1. The number of hydrogen-bond donors (Lipinski definition) is 1. The maximum Gasteiger partial charge on any atom is 0.214 e. The molecule has 9 heteroatoms. The van der Waals surface area contributed by atoms with E-state index in [1.807, 2.05) is 17.0 Å². The summed E-state index contributed by atoms with van der Waals surface area (Å²) < 4.78 is 26.2. The van der Waals surface area contributed by atoms with Crippen molar-refractivity contribution in [2.24, 2.45) is 5.92 Å². The molecule has 3 rings (SSSR count). The molecule has 2 heterocycles. The summed E-state index contributed by atoms with van der Waals surface area (Å²) in [5, 5.41) is 11.7. The molecule has 0 radical (unpaired) electrons. The molecular formula is C14H18ClN3O3S2. The van der Waals surface area contributed by atoms with E-state index in [4.69, 9.17) is 11.6 Å². The van der Waals surface area contributed by atoms with Crippen LogP contribution in [0.1, 0.15) is 0 Å². The third-order valence-electron chi connectivity index (χ3n) is 4.00. The van der Waals surface area contributed by atoms with Gasteiger partial charge in [-0.25, -0.2) is 17.7 Å². The lowest BCUT2D eigenvalue weighted by atomic mass is 10.1. The topological polar surface area (TPSA) is 73.7 Å². The van der Waals surface area contributed by atoms with Gasteiger partial charge in [-0.05, 0) is 18.2 Å². The van der Waals surface area contributed by atoms with Crippen LogP contribution in [0.3, 0.4) is 0 Å². The Hall–Kier alpha value is -0.930. The maximum atomic E-state index is 12.0. The Kier molecular flexibility index (Phi) is 4.54. The first kappa shape index (κ1) is 16.9. The van der Waals surface area contributed by atoms with Crippen LogP contribution >= 0.6 is 22.9 Å². The van der Waals surface area contributed by atoms with Gasteiger partial charge in [0.2, 0.25) is 10.0 Å². The van der Waals surface area contributed by atoms with Crippen molar-refractivity contribution in [3.63, 3.8) is 0 Å². The number of nitrogens with zero attached hydrogens (tertiary/aromatic N) is 3. The van der Waals surface area contributed by atoms with E-state index >= 15 is 0 Å². The van der Waals surface area contributed by atoms with Crippen LogP contribution in [-0.4, -0.2) is 61.9 Å². The van der Waals surface area contributed by atoms with Crippen molar-refractivity contribution in [3.8, 4) is 0 Å². The van der Waals surface area contributed by atoms with Crippen LogP contribution in [0.4, 0.5) is 5.13 Å². The minimum atomic E-state index is -3.34. The van der Waals surface area contributed by atoms with E-state index in [0.29, 0.717) is 18.1 Å². The molecule has 1 aliphatic rings. The molecule has 1 aromatic carbocycles. The number of halogens is 1. The number of sulfonamides is 1. The van der Waals surface area contributed by atoms with E-state index in [2.05, 4.69) is 4.98 Å². The number of aromatic nitrogens is 1. The van der Waals surface area contributed by atoms with Crippen LogP contribution in [0, 0.1) is 5.92 Å². The fraction of sp³-hybridized carbons (Fsp3) is 0.500. The Bertz CT molecular complexity index is 822. The number of β-amino-alcohol motifs (C(OH)–C–C–N with tert-alkyl or cyclic N) is 1. The van der Waals surface area contributed by atoms with E-state index in [0.717, 1.165) is 15.3 Å². The van der Waals surface area contributed by atoms with Crippen molar-refractivity contribution in [1.29, 1.82) is 0 Å². The highest BCUT2D eigenvalue weighted by atomic mass is 35.5. The van der Waals surface area contributed by atoms with Crippen LogP contribution in [0.2, 0.25) is 5.02 Å². The summed E-state index contributed by atoms with van der Waals surface area (Å²) in [6.45, 7) is 0.864. The number of thiazole rings is 1. The lowest BCUT2D eigenvalue weighted by molar-refractivity contribution is 0.157. The molecule has 1 aliphatic heterocycles. The first-order valence-electron chi connectivity index (χ1n) is 7.15. The van der Waals surface area contributed by atoms with Crippen LogP contribution in [0.25, 0.3) is 10.2 Å². The van der Waals surface area contributed by atoms with Crippen molar-refractivity contribution in [2.75, 3.05) is 37.8 Å². The predicted octanol–water partition coefficient (Wildman–Crippen LogP) is 1.64. The molecule has 1 saturated heterocycles. The minimum absolute atomic E-state index is 0.0611. The van der Waals surface area contributed by atoms with Crippen LogP contribution < -0.4 is 4.90 Å². The number of aliphatic hydroxyl groups excluding tert-OH is 1. The SMILES string of the molecule is CN(C)S(=O)(=O)C[C@@H]1CN(c2nc3ccc(Cl)cc3s2)C[C@H]1O. The van der Waals surface area contributed by atoms with E-state index in [1.165, 1.54) is 29.7 Å². The third-order valence-corrected chi connectivity index (χ3v) is 7.27. The van der Waals surface area contributed by atoms with E-state index in [-0.39, 0.29) is 11.7 Å². The highest BCUT2D eigenvalue weighted by molar-refractivity contribution is 7.89. The van der Waals surface area contributed by atoms with Crippen LogP contribution in [-0.2, 0) is 10.0 Å². The molecule has 0 spiro atoms. The Morgan fingerprint density at radius 2 is 2.17 bits per heavy atom. The van der Waals surface area contributed by atoms with Crippen molar-refractivity contribution >= 4 is 48.3 Å². The number of benzene rings is 1. The average Bonchev–Trinajstić information content (AvgIpc) is 3.02. The monoisotopic (exact) mass is 375 g/mol. The molecule has 0 aliphatic carbocycles. The zero-order valence-electron chi connectivity index (χ0n) is 12.8. The second-order valence-electron chi connectivity index (χ2n) is 5.90. The summed E-state index contributed by atoms with van der Waals surface area (Å²) in [7, 11) is -0.327. The van der Waals surface area contributed by atoms with Crippen molar-refractivity contribution < 1.29 is 13.5 Å². The smallest absolute Gasteiger partial charge is 0.214 e. The summed E-state index contributed by atoms with van der Waals surface area (Å²) in [5.41, 5.74) is 0.855. The summed E-state index contributed by atoms with van der Waals surface area (Å²) in [6.07, 6.45) is -0.680. The van der Waals surface area contributed by atoms with E-state index in [1.54, 1.807) is 6.07 Å². The molecule has 0 amide bonds. The highest BCUT2D eigenvalue weighted by Gasteiger charge is 2.36. The Balaban J connectivity index is 1.79. The number of hydrogen-bond acceptors (Lipinski definition) is 6. The van der Waals surface area contributed by atoms with E-state index in [9.17, 15) is 13.5 Å². The third kappa shape index (κ3) is 3.46. The lowest BCUT2D eigenvalue weighted by Gasteiger charge is -2.17. The largest absolute Gasteiger partial charge is 0.391 e. The van der Waals surface area contributed by atoms with Crippen LogP contribution in [0.5, 0.6) is 0 Å². The van der Waals surface area contributed by atoms with Gasteiger partial charge in [0.1, 0.15) is 0 Å². The molecule has 23 heavy (non-hydrogen) atoms. The normalized spacial score (nSPS) is 22.4. The Morgan fingerprint density at radius 3 is 2.87 bits per heavy atom. The second-order valence-corrected chi connectivity index (χ2v) is 9.57. The van der Waals surface area contributed by atoms with Gasteiger partial charge >= 0.3 is 0 Å². The fourth-order valence-corrected chi connectivity index (χ4v) is 5.04. The lowest BCUT2D eigenvalue weighted by Crippen LogP contribution is -2.33. The highest BCUT2D eigenvalue weighted by Crippen LogP contribution is 2.33. The van der Waals surface area contributed by atoms with Gasteiger partial charge < -0.3 is 10.0 Å². The number of anilines is 1. The van der Waals surface area contributed by atoms with Crippen molar-refractivity contribution in [2.45, 2.75) is 6.10 Å². The van der Waals surface area contributed by atoms with Gasteiger partial charge in [0.25, 0.3) is 0 Å². The van der Waals surface area contributed by atoms with Gasteiger partial charge in [0.15, 0.2) is 5.13 Å². The molecule has 6 nitrogen and oxygen atoms in total. The first-order valence-corrected chi connectivity index (χ1v) is 9.96. The molecule has 0 bridgehead atoms. The molecule has 0 unspecified atom stereocenters. The second kappa shape index (κ2) is 6.18. The summed E-state index contributed by atoms with van der Waals surface area (Å²) in [6, 6.07) is 5.51. The fourth-order valence-electron chi connectivity index (χ4n) is 2.62. The van der Waals surface area contributed by atoms with Gasteiger partial charge in [-0.2, -0.15) is 0 Å². The van der Waals surface area contributed by atoms with Crippen molar-refractivity contribution in [3.05, 3.63) is 23.2 Å². The standard InChI is InChI=1S/C14H18ClN3O3S2/c1-17(2)23(20,21)8-9-6-18(7-12(9)19)14-16-11-4-3-10(15)5-13(11)22-14/h3-5,9,12,19H,6-8H2,1-2H3/t9-,12+/m0/s1. The molecule has 2 aromatic rings. The van der Waals surface area contributed by atoms with Gasteiger partial charge in [-0.15, -0.1) is 0 Å². The van der Waals surface area contributed by atoms with Crippen LogP contribution in [0.15, 0.2) is 18.2 Å². The molecule has 1 N–H and O–H groups in total. The van der Waals surface area contributed by atoms with Gasteiger partial charge in [0.05, 0.1) is 22.1 Å². The summed E-state index contributed by atoms with van der Waals surface area (Å²) in [4.78, 5) is 6.49. The zero-order chi connectivity index (χ0) is 16.8. The van der Waals surface area contributed by atoms with Gasteiger partial charge in [0, 0.05) is 38.1 Å². The molecule has 2 atom stereocenters. The summed E-state index contributed by atoms with van der Waals surface area (Å²) in [5.74, 6) is -0.382. The maximum absolute atomic E-state index is 12.0. The Labute approximate surface area is 144 Å². The number of rotatable bonds is 4. The van der Waals surface area contributed by atoms with Gasteiger partial charge in [-0.1, -0.05) is 22.9 Å². The quantitative estimate of drug-likeness (QED) is 0.879. The predicted molar refractivity (Wildman–Crippen MR) is 93.8 cm³/mol. The molecule has 126 valence electrons. The molecule has 1 fully saturated rings. The first-order chi connectivity index (χ1) is 10.8. The molecule has 1 aromatic heterocycles. The van der Waals surface area contributed by atoms with E-state index < -0.39 is 16.1 Å².